The van der Waals surface area contributed by atoms with E-state index < -0.39 is 0 Å². The molecule has 3 heterocycles. The fourth-order valence-electron chi connectivity index (χ4n) is 3.61. The van der Waals surface area contributed by atoms with E-state index in [2.05, 4.69) is 49.1 Å². The third-order valence-electron chi connectivity index (χ3n) is 5.35. The standard InChI is InChI=1S/C18H15N2O.C11H8N.Ir/c1-13(2)19-9-10-20(12-19)14-7-8-16-15-5-3-4-6-17(15)21-18(16)11-14;1-2-6-10(7-3-1)11-8-4-5-9-12-11;/h3-10,13H,1-2H3;1-6,8-9H;/q+1;-1;. The van der Waals surface area contributed by atoms with Crippen molar-refractivity contribution in [3.05, 3.63) is 110 Å². The van der Waals surface area contributed by atoms with Crippen LogP contribution in [0, 0.1) is 12.1 Å². The molecule has 0 bridgehead atoms. The summed E-state index contributed by atoms with van der Waals surface area (Å²) >= 11 is 0. The summed E-state index contributed by atoms with van der Waals surface area (Å²) < 4.78 is 9.85. The van der Waals surface area contributed by atoms with Gasteiger partial charge >= 0.3 is 6.01 Å². The van der Waals surface area contributed by atoms with Crippen molar-refractivity contribution < 1.29 is 33.7 Å². The van der Waals surface area contributed by atoms with Crippen LogP contribution in [0.4, 0.5) is 5.69 Å². The van der Waals surface area contributed by atoms with Gasteiger partial charge in [0.05, 0.1) is 0 Å². The Morgan fingerprint density at radius 2 is 1.71 bits per heavy atom. The first kappa shape index (κ1) is 23.5. The second-order valence-corrected chi connectivity index (χ2v) is 7.94. The van der Waals surface area contributed by atoms with E-state index in [1.807, 2.05) is 88.3 Å². The molecule has 1 aliphatic heterocycles. The maximum Gasteiger partial charge on any atom is 0.493 e. The summed E-state index contributed by atoms with van der Waals surface area (Å²) in [5.41, 5.74) is 4.62. The largest absolute Gasteiger partial charge is 0.493 e. The molecule has 0 N–H and O–H groups in total. The third-order valence-corrected chi connectivity index (χ3v) is 5.35. The summed E-state index contributed by atoms with van der Waals surface area (Å²) in [6.45, 7) is 4.26. The van der Waals surface area contributed by atoms with Crippen LogP contribution in [0.1, 0.15) is 13.8 Å². The van der Waals surface area contributed by atoms with E-state index in [1.165, 1.54) is 0 Å². The van der Waals surface area contributed by atoms with Crippen LogP contribution in [-0.4, -0.2) is 26.2 Å². The Balaban J connectivity index is 0.000000180. The van der Waals surface area contributed by atoms with Gasteiger partial charge < -0.3 is 9.40 Å². The smallest absolute Gasteiger partial charge is 0.483 e. The van der Waals surface area contributed by atoms with E-state index in [4.69, 9.17) is 4.42 Å². The van der Waals surface area contributed by atoms with Crippen molar-refractivity contribution in [2.75, 3.05) is 0 Å². The average molecular weight is 622 g/mol. The minimum atomic E-state index is 0. The Morgan fingerprint density at radius 1 is 0.882 bits per heavy atom. The molecule has 0 unspecified atom stereocenters. The molecule has 4 nitrogen and oxygen atoms in total. The van der Waals surface area contributed by atoms with Crippen LogP contribution < -0.4 is 0 Å². The molecule has 0 fully saturated rings. The molecular weight excluding hydrogens is 599 g/mol. The van der Waals surface area contributed by atoms with Crippen LogP contribution in [0.3, 0.4) is 0 Å². The number of rotatable bonds is 3. The van der Waals surface area contributed by atoms with Gasteiger partial charge in [-0.1, -0.05) is 57.0 Å². The number of hydrogen-bond donors (Lipinski definition) is 0. The summed E-state index contributed by atoms with van der Waals surface area (Å²) in [4.78, 5) is 4.22. The number of para-hydroxylation sites is 1. The number of furan rings is 1. The molecule has 0 saturated carbocycles. The quantitative estimate of drug-likeness (QED) is 0.167. The summed E-state index contributed by atoms with van der Waals surface area (Å²) in [6, 6.07) is 36.0. The second-order valence-electron chi connectivity index (χ2n) is 7.94. The molecule has 1 aliphatic rings. The molecular formula is C29H23IrN3O. The van der Waals surface area contributed by atoms with E-state index in [9.17, 15) is 0 Å². The molecule has 6 rings (SSSR count). The van der Waals surface area contributed by atoms with E-state index in [0.29, 0.717) is 6.04 Å². The van der Waals surface area contributed by atoms with Crippen molar-refractivity contribution in [3.8, 4) is 11.3 Å². The number of aromatic nitrogens is 1. The van der Waals surface area contributed by atoms with Crippen LogP contribution in [0.25, 0.3) is 33.2 Å². The number of hydrogen-bond acceptors (Lipinski definition) is 2. The number of nitrogens with zero attached hydrogens (tertiary/aromatic N) is 3. The van der Waals surface area contributed by atoms with Crippen LogP contribution in [-0.2, 0) is 20.1 Å². The van der Waals surface area contributed by atoms with E-state index in [1.54, 1.807) is 6.20 Å². The molecule has 0 spiro atoms. The van der Waals surface area contributed by atoms with E-state index in [-0.39, 0.29) is 20.1 Å². The average Bonchev–Trinajstić information content (AvgIpc) is 3.51. The van der Waals surface area contributed by atoms with Crippen molar-refractivity contribution >= 4 is 33.6 Å². The van der Waals surface area contributed by atoms with E-state index in [0.717, 1.165) is 38.9 Å². The SMILES string of the molecule is CC(C)[N+]1=C=[N+](c2[c-]c3oc4ccccc4c3cc2)C=C1.[Ir].[c-]1ccccc1-c1ccccn1. The first-order chi connectivity index (χ1) is 16.2. The van der Waals surface area contributed by atoms with Gasteiger partial charge in [0.2, 0.25) is 6.20 Å². The van der Waals surface area contributed by atoms with Crippen molar-refractivity contribution in [2.24, 2.45) is 0 Å². The zero-order valence-corrected chi connectivity index (χ0v) is 21.3. The van der Waals surface area contributed by atoms with Crippen molar-refractivity contribution in [3.63, 3.8) is 0 Å². The normalized spacial score (nSPS) is 12.2. The van der Waals surface area contributed by atoms with Gasteiger partial charge in [0, 0.05) is 31.9 Å². The Morgan fingerprint density at radius 3 is 2.44 bits per heavy atom. The Labute approximate surface area is 212 Å². The van der Waals surface area contributed by atoms with Crippen molar-refractivity contribution in [1.82, 2.24) is 4.98 Å². The van der Waals surface area contributed by atoms with Gasteiger partial charge in [-0.15, -0.1) is 35.9 Å². The van der Waals surface area contributed by atoms with Crippen LogP contribution in [0.5, 0.6) is 0 Å². The Bertz CT molecular complexity index is 1480. The second kappa shape index (κ2) is 10.5. The maximum atomic E-state index is 5.88. The van der Waals surface area contributed by atoms with Gasteiger partial charge in [-0.05, 0) is 37.1 Å². The molecule has 169 valence electrons. The first-order valence-electron chi connectivity index (χ1n) is 10.9. The molecule has 34 heavy (non-hydrogen) atoms. The fourth-order valence-corrected chi connectivity index (χ4v) is 3.61. The van der Waals surface area contributed by atoms with Gasteiger partial charge in [0.1, 0.15) is 11.3 Å². The van der Waals surface area contributed by atoms with Crippen molar-refractivity contribution in [1.29, 1.82) is 0 Å². The Hall–Kier alpha value is -3.62. The van der Waals surface area contributed by atoms with Crippen molar-refractivity contribution in [2.45, 2.75) is 19.9 Å². The molecule has 0 amide bonds. The molecule has 3 aromatic carbocycles. The number of benzene rings is 3. The minimum absolute atomic E-state index is 0. The Kier molecular flexibility index (Phi) is 7.30. The maximum absolute atomic E-state index is 5.88. The minimum Gasteiger partial charge on any atom is -0.483 e. The zero-order chi connectivity index (χ0) is 22.6. The molecule has 1 radical (unpaired) electrons. The summed E-state index contributed by atoms with van der Waals surface area (Å²) in [5, 5.41) is 2.22. The van der Waals surface area contributed by atoms with Crippen LogP contribution in [0.15, 0.2) is 102 Å². The molecule has 0 saturated heterocycles. The predicted octanol–water partition coefficient (Wildman–Crippen LogP) is 6.66. The predicted molar refractivity (Wildman–Crippen MR) is 131 cm³/mol. The van der Waals surface area contributed by atoms with Gasteiger partial charge in [0.25, 0.3) is 6.20 Å². The first-order valence-corrected chi connectivity index (χ1v) is 10.9. The monoisotopic (exact) mass is 622 g/mol. The molecule has 5 heteroatoms. The summed E-state index contributed by atoms with van der Waals surface area (Å²) in [7, 11) is 0. The summed E-state index contributed by atoms with van der Waals surface area (Å²) in [5.74, 6) is 0. The van der Waals surface area contributed by atoms with Gasteiger partial charge in [0.15, 0.2) is 6.04 Å². The number of pyridine rings is 1. The summed E-state index contributed by atoms with van der Waals surface area (Å²) in [6.07, 6.45) is 5.79. The molecule has 0 atom stereocenters. The van der Waals surface area contributed by atoms with E-state index >= 15 is 0 Å². The van der Waals surface area contributed by atoms with Crippen LogP contribution >= 0.6 is 0 Å². The zero-order valence-electron chi connectivity index (χ0n) is 18.9. The van der Waals surface area contributed by atoms with Gasteiger partial charge in [-0.25, -0.2) is 0 Å². The van der Waals surface area contributed by atoms with Crippen LogP contribution in [0.2, 0.25) is 0 Å². The third kappa shape index (κ3) is 4.98. The van der Waals surface area contributed by atoms with Gasteiger partial charge in [-0.2, -0.15) is 6.07 Å². The molecule has 5 aromatic rings. The fraction of sp³-hybridized carbons (Fsp3) is 0.103. The topological polar surface area (TPSA) is 32.0 Å². The molecule has 2 aromatic heterocycles. The number of fused-ring (bicyclic) bond motifs is 3. The molecule has 0 aliphatic carbocycles. The van der Waals surface area contributed by atoms with Gasteiger partial charge in [-0.3, -0.25) is 0 Å².